The zero-order chi connectivity index (χ0) is 16.2. The molecule has 3 heterocycles. The van der Waals surface area contributed by atoms with E-state index in [1.807, 2.05) is 24.3 Å². The first-order chi connectivity index (χ1) is 11.2. The third-order valence-electron chi connectivity index (χ3n) is 3.82. The second kappa shape index (κ2) is 6.66. The molecule has 0 saturated carbocycles. The monoisotopic (exact) mass is 309 g/mol. The minimum Gasteiger partial charge on any atom is -0.271 e. The van der Waals surface area contributed by atoms with E-state index in [9.17, 15) is 4.79 Å². The van der Waals surface area contributed by atoms with Gasteiger partial charge in [-0.2, -0.15) is 5.10 Å². The van der Waals surface area contributed by atoms with Gasteiger partial charge in [-0.25, -0.2) is 5.01 Å². The topological polar surface area (TPSA) is 61.7 Å². The summed E-state index contributed by atoms with van der Waals surface area (Å²) in [5, 5.41) is 5.99. The number of hydrogen-bond donors (Lipinski definition) is 0. The van der Waals surface area contributed by atoms with Gasteiger partial charge in [-0.3, -0.25) is 19.7 Å². The molecule has 1 saturated heterocycles. The Morgan fingerprint density at radius 1 is 1.13 bits per heavy atom. The Balaban J connectivity index is 1.93. The van der Waals surface area contributed by atoms with E-state index < -0.39 is 0 Å². The molecule has 0 unspecified atom stereocenters. The smallest absolute Gasteiger partial charge is 0.258 e. The molecular weight excluding hydrogens is 290 g/mol. The van der Waals surface area contributed by atoms with Crippen molar-refractivity contribution in [1.29, 1.82) is 0 Å². The van der Waals surface area contributed by atoms with Crippen LogP contribution in [0.25, 0.3) is 0 Å². The highest BCUT2D eigenvalue weighted by Crippen LogP contribution is 2.32. The molecule has 0 radical (unpaired) electrons. The van der Waals surface area contributed by atoms with Gasteiger partial charge < -0.3 is 0 Å². The summed E-state index contributed by atoms with van der Waals surface area (Å²) in [5.41, 5.74) is 1.91. The molecule has 0 spiro atoms. The Bertz CT molecular complexity index is 687. The lowest BCUT2D eigenvalue weighted by Gasteiger charge is -2.29. The van der Waals surface area contributed by atoms with E-state index in [-0.39, 0.29) is 18.1 Å². The van der Waals surface area contributed by atoms with E-state index in [1.165, 1.54) is 0 Å². The van der Waals surface area contributed by atoms with Crippen molar-refractivity contribution in [3.8, 4) is 0 Å². The maximum atomic E-state index is 12.4. The summed E-state index contributed by atoms with van der Waals surface area (Å²) in [7, 11) is 0. The average Bonchev–Trinajstić information content (AvgIpc) is 2.91. The average molecular weight is 309 g/mol. The lowest BCUT2D eigenvalue weighted by atomic mass is 10.2. The molecule has 2 aromatic rings. The molecule has 23 heavy (non-hydrogen) atoms. The van der Waals surface area contributed by atoms with E-state index in [1.54, 1.807) is 36.0 Å². The maximum Gasteiger partial charge on any atom is 0.258 e. The third-order valence-corrected chi connectivity index (χ3v) is 3.82. The standard InChI is InChI=1S/C17H19N5O/c1-13(2)21-12-16(23)22(17(21)15-5-9-19-10-6-15)20-11-14-3-7-18-8-4-14/h3-11,13,17H,12H2,1-2H3/b20-11-/t17-/m0/s1. The molecule has 2 aromatic heterocycles. The van der Waals surface area contributed by atoms with Crippen LogP contribution in [0.4, 0.5) is 0 Å². The fourth-order valence-electron chi connectivity index (χ4n) is 2.63. The van der Waals surface area contributed by atoms with Crippen molar-refractivity contribution in [2.45, 2.75) is 26.1 Å². The molecule has 1 atom stereocenters. The van der Waals surface area contributed by atoms with Crippen LogP contribution in [-0.2, 0) is 4.79 Å². The molecule has 118 valence electrons. The van der Waals surface area contributed by atoms with Crippen molar-refractivity contribution >= 4 is 12.1 Å². The van der Waals surface area contributed by atoms with E-state index in [0.29, 0.717) is 6.54 Å². The fraction of sp³-hybridized carbons (Fsp3) is 0.294. The first-order valence-electron chi connectivity index (χ1n) is 7.58. The van der Waals surface area contributed by atoms with Crippen LogP contribution in [-0.4, -0.2) is 44.6 Å². The minimum atomic E-state index is -0.205. The van der Waals surface area contributed by atoms with Gasteiger partial charge in [0.1, 0.15) is 6.17 Å². The second-order valence-electron chi connectivity index (χ2n) is 5.68. The molecule has 1 aliphatic heterocycles. The van der Waals surface area contributed by atoms with Gasteiger partial charge >= 0.3 is 0 Å². The molecule has 3 rings (SSSR count). The van der Waals surface area contributed by atoms with Crippen molar-refractivity contribution in [2.24, 2.45) is 5.10 Å². The second-order valence-corrected chi connectivity index (χ2v) is 5.68. The van der Waals surface area contributed by atoms with Crippen LogP contribution in [0.1, 0.15) is 31.1 Å². The molecule has 0 aliphatic carbocycles. The molecule has 1 amide bonds. The number of carbonyl (C=O) groups is 1. The zero-order valence-corrected chi connectivity index (χ0v) is 13.2. The molecule has 1 fully saturated rings. The highest BCUT2D eigenvalue weighted by molar-refractivity contribution is 5.84. The minimum absolute atomic E-state index is 0.00850. The van der Waals surface area contributed by atoms with Crippen molar-refractivity contribution in [3.05, 3.63) is 60.2 Å². The highest BCUT2D eigenvalue weighted by atomic mass is 16.2. The summed E-state index contributed by atoms with van der Waals surface area (Å²) < 4.78 is 0. The number of carbonyl (C=O) groups excluding carboxylic acids is 1. The van der Waals surface area contributed by atoms with Crippen LogP contribution in [0.5, 0.6) is 0 Å². The van der Waals surface area contributed by atoms with Crippen molar-refractivity contribution in [2.75, 3.05) is 6.54 Å². The molecule has 6 nitrogen and oxygen atoms in total. The van der Waals surface area contributed by atoms with Gasteiger partial charge in [0.15, 0.2) is 0 Å². The predicted octanol–water partition coefficient (Wildman–Crippen LogP) is 2.06. The van der Waals surface area contributed by atoms with Gasteiger partial charge in [-0.15, -0.1) is 0 Å². The summed E-state index contributed by atoms with van der Waals surface area (Å²) in [6.45, 7) is 4.52. The van der Waals surface area contributed by atoms with Crippen LogP contribution in [0.3, 0.4) is 0 Å². The van der Waals surface area contributed by atoms with Crippen LogP contribution < -0.4 is 0 Å². The Morgan fingerprint density at radius 2 is 1.74 bits per heavy atom. The number of aromatic nitrogens is 2. The van der Waals surface area contributed by atoms with Crippen molar-refractivity contribution in [1.82, 2.24) is 19.9 Å². The lowest BCUT2D eigenvalue weighted by molar-refractivity contribution is -0.128. The van der Waals surface area contributed by atoms with Gasteiger partial charge in [0.05, 0.1) is 12.8 Å². The molecule has 6 heteroatoms. The first kappa shape index (κ1) is 15.3. The number of nitrogens with zero attached hydrogens (tertiary/aromatic N) is 5. The number of pyridine rings is 2. The Hall–Kier alpha value is -2.60. The summed E-state index contributed by atoms with van der Waals surface area (Å²) in [6.07, 6.45) is 8.37. The maximum absolute atomic E-state index is 12.4. The quantitative estimate of drug-likeness (QED) is 0.811. The summed E-state index contributed by atoms with van der Waals surface area (Å²) in [5.74, 6) is -0.00850. The lowest BCUT2D eigenvalue weighted by Crippen LogP contribution is -2.33. The summed E-state index contributed by atoms with van der Waals surface area (Å²) >= 11 is 0. The van der Waals surface area contributed by atoms with Crippen LogP contribution in [0.15, 0.2) is 54.2 Å². The Morgan fingerprint density at radius 3 is 2.35 bits per heavy atom. The molecule has 0 aromatic carbocycles. The van der Waals surface area contributed by atoms with E-state index >= 15 is 0 Å². The van der Waals surface area contributed by atoms with Crippen LogP contribution in [0, 0.1) is 0 Å². The van der Waals surface area contributed by atoms with Crippen LogP contribution in [0.2, 0.25) is 0 Å². The summed E-state index contributed by atoms with van der Waals surface area (Å²) in [4.78, 5) is 22.6. The zero-order valence-electron chi connectivity index (χ0n) is 13.2. The van der Waals surface area contributed by atoms with Crippen molar-refractivity contribution in [3.63, 3.8) is 0 Å². The predicted molar refractivity (Wildman–Crippen MR) is 87.5 cm³/mol. The number of hydrogen-bond acceptors (Lipinski definition) is 5. The number of hydrazone groups is 1. The number of rotatable bonds is 4. The van der Waals surface area contributed by atoms with E-state index in [2.05, 4.69) is 33.8 Å². The van der Waals surface area contributed by atoms with Gasteiger partial charge in [-0.1, -0.05) is 0 Å². The third kappa shape index (κ3) is 3.27. The Labute approximate surface area is 135 Å². The summed E-state index contributed by atoms with van der Waals surface area (Å²) in [6, 6.07) is 7.79. The largest absolute Gasteiger partial charge is 0.271 e. The molecule has 1 aliphatic rings. The molecule has 0 N–H and O–H groups in total. The normalized spacial score (nSPS) is 19.2. The Kier molecular flexibility index (Phi) is 4.43. The van der Waals surface area contributed by atoms with E-state index in [0.717, 1.165) is 11.1 Å². The molecule has 0 bridgehead atoms. The molecular formula is C17H19N5O. The van der Waals surface area contributed by atoms with Crippen LogP contribution >= 0.6 is 0 Å². The van der Waals surface area contributed by atoms with Crippen molar-refractivity contribution < 1.29 is 4.79 Å². The van der Waals surface area contributed by atoms with Gasteiger partial charge in [-0.05, 0) is 49.2 Å². The van der Waals surface area contributed by atoms with E-state index in [4.69, 9.17) is 0 Å². The fourth-order valence-corrected chi connectivity index (χ4v) is 2.63. The van der Waals surface area contributed by atoms with Gasteiger partial charge in [0.2, 0.25) is 0 Å². The van der Waals surface area contributed by atoms with Gasteiger partial charge in [0.25, 0.3) is 5.91 Å². The highest BCUT2D eigenvalue weighted by Gasteiger charge is 2.40. The SMILES string of the molecule is CC(C)N1CC(=O)N(/N=C\c2ccncc2)[C@H]1c1ccncc1. The van der Waals surface area contributed by atoms with Gasteiger partial charge in [0, 0.05) is 30.8 Å². The number of amides is 1. The first-order valence-corrected chi connectivity index (χ1v) is 7.58.